The standard InChI is InChI=1S/C18H16ClF3N2O5S/c1-24(30(26,27)12-3-5-15-16(9-12)29-7-6-28-15)10-17(25)23-11-2-4-14(19)13(8-11)18(20,21)22/h2-5,8-9H,6-7,10H2,1H3,(H,23,25). The van der Waals surface area contributed by atoms with E-state index in [4.69, 9.17) is 21.1 Å². The fraction of sp³-hybridized carbons (Fsp3) is 0.278. The van der Waals surface area contributed by atoms with E-state index >= 15 is 0 Å². The molecule has 1 aliphatic heterocycles. The van der Waals surface area contributed by atoms with Gasteiger partial charge < -0.3 is 14.8 Å². The third kappa shape index (κ3) is 4.79. The zero-order chi connectivity index (χ0) is 22.1. The Morgan fingerprint density at radius 2 is 1.80 bits per heavy atom. The molecular formula is C18H16ClF3N2O5S. The Labute approximate surface area is 175 Å². The molecule has 0 fully saturated rings. The predicted octanol–water partition coefficient (Wildman–Crippen LogP) is 3.39. The molecule has 1 N–H and O–H groups in total. The number of ether oxygens (including phenoxy) is 2. The number of amides is 1. The van der Waals surface area contributed by atoms with Crippen LogP contribution in [0.25, 0.3) is 0 Å². The fourth-order valence-corrected chi connectivity index (χ4v) is 4.04. The molecular weight excluding hydrogens is 449 g/mol. The molecule has 3 rings (SSSR count). The second-order valence-electron chi connectivity index (χ2n) is 6.31. The van der Waals surface area contributed by atoms with E-state index in [1.807, 2.05) is 0 Å². The summed E-state index contributed by atoms with van der Waals surface area (Å²) in [5, 5.41) is 1.72. The van der Waals surface area contributed by atoms with Crippen LogP contribution in [0.1, 0.15) is 5.56 Å². The minimum Gasteiger partial charge on any atom is -0.486 e. The number of nitrogens with one attached hydrogen (secondary N) is 1. The van der Waals surface area contributed by atoms with E-state index < -0.39 is 39.2 Å². The molecule has 0 aliphatic carbocycles. The molecule has 12 heteroatoms. The number of benzene rings is 2. The highest BCUT2D eigenvalue weighted by atomic mass is 35.5. The first-order valence-electron chi connectivity index (χ1n) is 8.51. The lowest BCUT2D eigenvalue weighted by Crippen LogP contribution is -2.35. The third-order valence-electron chi connectivity index (χ3n) is 4.14. The van der Waals surface area contributed by atoms with Crippen LogP contribution < -0.4 is 14.8 Å². The van der Waals surface area contributed by atoms with E-state index in [-0.39, 0.29) is 22.9 Å². The minimum absolute atomic E-state index is 0.118. The number of sulfonamides is 1. The van der Waals surface area contributed by atoms with Gasteiger partial charge in [0.2, 0.25) is 15.9 Å². The molecule has 0 spiro atoms. The average Bonchev–Trinajstić information content (AvgIpc) is 2.68. The SMILES string of the molecule is CN(CC(=O)Nc1ccc(Cl)c(C(F)(F)F)c1)S(=O)(=O)c1ccc2c(c1)OCCO2. The van der Waals surface area contributed by atoms with E-state index in [0.29, 0.717) is 18.4 Å². The lowest BCUT2D eigenvalue weighted by Gasteiger charge is -2.21. The van der Waals surface area contributed by atoms with Gasteiger partial charge in [0.1, 0.15) is 13.2 Å². The molecule has 30 heavy (non-hydrogen) atoms. The van der Waals surface area contributed by atoms with E-state index in [9.17, 15) is 26.4 Å². The molecule has 1 aliphatic rings. The highest BCUT2D eigenvalue weighted by Crippen LogP contribution is 2.36. The zero-order valence-electron chi connectivity index (χ0n) is 15.5. The molecule has 0 saturated carbocycles. The summed E-state index contributed by atoms with van der Waals surface area (Å²) in [7, 11) is -2.89. The number of halogens is 4. The second kappa shape index (κ2) is 8.32. The molecule has 2 aromatic carbocycles. The molecule has 0 unspecified atom stereocenters. The van der Waals surface area contributed by atoms with E-state index in [1.54, 1.807) is 0 Å². The average molecular weight is 465 g/mol. The Kier molecular flexibility index (Phi) is 6.16. The van der Waals surface area contributed by atoms with Crippen molar-refractivity contribution in [3.8, 4) is 11.5 Å². The lowest BCUT2D eigenvalue weighted by molar-refractivity contribution is -0.137. The smallest absolute Gasteiger partial charge is 0.417 e. The summed E-state index contributed by atoms with van der Waals surface area (Å²) >= 11 is 5.54. The normalized spacial score (nSPS) is 13.9. The third-order valence-corrected chi connectivity index (χ3v) is 6.27. The van der Waals surface area contributed by atoms with Gasteiger partial charge in [-0.15, -0.1) is 0 Å². The molecule has 2 aromatic rings. The van der Waals surface area contributed by atoms with Gasteiger partial charge in [-0.2, -0.15) is 17.5 Å². The van der Waals surface area contributed by atoms with Gasteiger partial charge in [0, 0.05) is 18.8 Å². The van der Waals surface area contributed by atoms with Crippen LogP contribution in [0.5, 0.6) is 11.5 Å². The Balaban J connectivity index is 1.72. The molecule has 0 bridgehead atoms. The van der Waals surface area contributed by atoms with Gasteiger partial charge in [0.05, 0.1) is 22.0 Å². The van der Waals surface area contributed by atoms with Crippen LogP contribution in [0.4, 0.5) is 18.9 Å². The van der Waals surface area contributed by atoms with Crippen LogP contribution in [0, 0.1) is 0 Å². The van der Waals surface area contributed by atoms with Crippen molar-refractivity contribution in [2.45, 2.75) is 11.1 Å². The number of alkyl halides is 3. The first-order chi connectivity index (χ1) is 14.0. The van der Waals surface area contributed by atoms with Gasteiger partial charge in [-0.1, -0.05) is 11.6 Å². The summed E-state index contributed by atoms with van der Waals surface area (Å²) in [6, 6.07) is 6.90. The van der Waals surface area contributed by atoms with Crippen molar-refractivity contribution in [1.29, 1.82) is 0 Å². The summed E-state index contributed by atoms with van der Waals surface area (Å²) < 4.78 is 75.7. The van der Waals surface area contributed by atoms with Crippen molar-refractivity contribution in [1.82, 2.24) is 4.31 Å². The van der Waals surface area contributed by atoms with Crippen LogP contribution in [-0.2, 0) is 21.0 Å². The Morgan fingerprint density at radius 1 is 1.13 bits per heavy atom. The lowest BCUT2D eigenvalue weighted by atomic mass is 10.2. The van der Waals surface area contributed by atoms with Crippen molar-refractivity contribution in [3.63, 3.8) is 0 Å². The number of anilines is 1. The van der Waals surface area contributed by atoms with Gasteiger partial charge in [-0.25, -0.2) is 8.42 Å². The second-order valence-corrected chi connectivity index (χ2v) is 8.76. The highest BCUT2D eigenvalue weighted by molar-refractivity contribution is 7.89. The predicted molar refractivity (Wildman–Crippen MR) is 102 cm³/mol. The quantitative estimate of drug-likeness (QED) is 0.733. The highest BCUT2D eigenvalue weighted by Gasteiger charge is 2.33. The maximum atomic E-state index is 12.9. The summed E-state index contributed by atoms with van der Waals surface area (Å²) in [6.45, 7) is -0.00354. The summed E-state index contributed by atoms with van der Waals surface area (Å²) in [4.78, 5) is 12.1. The molecule has 0 atom stereocenters. The molecule has 1 amide bonds. The number of likely N-dealkylation sites (N-methyl/N-ethyl adjacent to an activating group) is 1. The van der Waals surface area contributed by atoms with Crippen molar-refractivity contribution in [2.24, 2.45) is 0 Å². The van der Waals surface area contributed by atoms with Crippen molar-refractivity contribution < 1.29 is 35.9 Å². The Hall–Kier alpha value is -2.50. The molecule has 0 aromatic heterocycles. The van der Waals surface area contributed by atoms with E-state index in [2.05, 4.69) is 5.32 Å². The first-order valence-corrected chi connectivity index (χ1v) is 10.3. The Bertz CT molecular complexity index is 1080. The number of carbonyl (C=O) groups excluding carboxylic acids is 1. The van der Waals surface area contributed by atoms with E-state index in [1.165, 1.54) is 31.3 Å². The van der Waals surface area contributed by atoms with E-state index in [0.717, 1.165) is 10.4 Å². The summed E-state index contributed by atoms with van der Waals surface area (Å²) in [6.07, 6.45) is -4.70. The number of fused-ring (bicyclic) bond motifs is 1. The first kappa shape index (κ1) is 22.2. The zero-order valence-corrected chi connectivity index (χ0v) is 17.1. The Morgan fingerprint density at radius 3 is 2.47 bits per heavy atom. The topological polar surface area (TPSA) is 84.9 Å². The summed E-state index contributed by atoms with van der Waals surface area (Å²) in [5.74, 6) is -0.154. The van der Waals surface area contributed by atoms with Gasteiger partial charge in [0.25, 0.3) is 0 Å². The largest absolute Gasteiger partial charge is 0.486 e. The number of carbonyl (C=O) groups is 1. The van der Waals surface area contributed by atoms with Gasteiger partial charge in [0.15, 0.2) is 11.5 Å². The number of hydrogen-bond acceptors (Lipinski definition) is 5. The number of nitrogens with zero attached hydrogens (tertiary/aromatic N) is 1. The van der Waals surface area contributed by atoms with Gasteiger partial charge in [-0.3, -0.25) is 4.79 Å². The van der Waals surface area contributed by atoms with Crippen LogP contribution >= 0.6 is 11.6 Å². The van der Waals surface area contributed by atoms with Gasteiger partial charge in [-0.05, 0) is 30.3 Å². The van der Waals surface area contributed by atoms with Crippen LogP contribution in [0.15, 0.2) is 41.3 Å². The van der Waals surface area contributed by atoms with Crippen molar-refractivity contribution in [3.05, 3.63) is 47.0 Å². The monoisotopic (exact) mass is 464 g/mol. The molecule has 0 radical (unpaired) electrons. The van der Waals surface area contributed by atoms with Gasteiger partial charge >= 0.3 is 6.18 Å². The van der Waals surface area contributed by atoms with Crippen molar-refractivity contribution >= 4 is 33.2 Å². The molecule has 162 valence electrons. The number of rotatable bonds is 5. The maximum absolute atomic E-state index is 12.9. The molecule has 7 nitrogen and oxygen atoms in total. The summed E-state index contributed by atoms with van der Waals surface area (Å²) in [5.41, 5.74) is -1.28. The van der Waals surface area contributed by atoms with Crippen LogP contribution in [-0.4, -0.2) is 45.4 Å². The fourth-order valence-electron chi connectivity index (χ4n) is 2.67. The minimum atomic E-state index is -4.70. The van der Waals surface area contributed by atoms with Crippen LogP contribution in [0.3, 0.4) is 0 Å². The maximum Gasteiger partial charge on any atom is 0.417 e. The number of hydrogen-bond donors (Lipinski definition) is 1. The molecule has 0 saturated heterocycles. The molecule has 1 heterocycles. The van der Waals surface area contributed by atoms with Crippen LogP contribution in [0.2, 0.25) is 5.02 Å². The van der Waals surface area contributed by atoms with Crippen molar-refractivity contribution in [2.75, 3.05) is 32.1 Å².